The molecule has 3 aromatic rings. The fourth-order valence-corrected chi connectivity index (χ4v) is 3.49. The molecule has 0 aliphatic carbocycles. The van der Waals surface area contributed by atoms with Crippen molar-refractivity contribution in [3.05, 3.63) is 42.1 Å². The number of hydrogen-bond acceptors (Lipinski definition) is 5. The van der Waals surface area contributed by atoms with Gasteiger partial charge in [-0.3, -0.25) is 4.98 Å². The standard InChI is InChI=1S/C22H24F6N6O2/c1-4-33(20(35)32-17(22(26,27)28)5-6-21(23,24)25)11-14-9-15(13(2)10-30-14)16-12-34-8-7-29-18(34)19(31-16)36-3/h7-10,12,17H,4-6,11H2,1-3H3,(H,32,35). The van der Waals surface area contributed by atoms with E-state index in [-0.39, 0.29) is 19.0 Å². The van der Waals surface area contributed by atoms with Gasteiger partial charge in [-0.1, -0.05) is 0 Å². The Morgan fingerprint density at radius 2 is 1.94 bits per heavy atom. The minimum atomic E-state index is -5.04. The van der Waals surface area contributed by atoms with Gasteiger partial charge in [0.25, 0.3) is 5.88 Å². The number of alkyl halides is 6. The number of nitrogens with one attached hydrogen (secondary N) is 1. The van der Waals surface area contributed by atoms with Crippen molar-refractivity contribution in [3.63, 3.8) is 0 Å². The number of amides is 2. The first-order chi connectivity index (χ1) is 16.8. The van der Waals surface area contributed by atoms with Gasteiger partial charge in [0.1, 0.15) is 6.04 Å². The molecule has 14 heteroatoms. The molecule has 8 nitrogen and oxygen atoms in total. The van der Waals surface area contributed by atoms with Gasteiger partial charge in [0.05, 0.1) is 25.0 Å². The van der Waals surface area contributed by atoms with E-state index in [1.54, 1.807) is 41.3 Å². The average molecular weight is 518 g/mol. The zero-order valence-corrected chi connectivity index (χ0v) is 19.6. The van der Waals surface area contributed by atoms with Gasteiger partial charge in [0.15, 0.2) is 5.65 Å². The van der Waals surface area contributed by atoms with Crippen molar-refractivity contribution in [2.24, 2.45) is 0 Å². The summed E-state index contributed by atoms with van der Waals surface area (Å²) in [4.78, 5) is 26.5. The maximum atomic E-state index is 13.2. The van der Waals surface area contributed by atoms with Crippen LogP contribution >= 0.6 is 0 Å². The van der Waals surface area contributed by atoms with Crippen LogP contribution in [-0.4, -0.2) is 62.3 Å². The third-order valence-electron chi connectivity index (χ3n) is 5.40. The average Bonchev–Trinajstić information content (AvgIpc) is 3.27. The highest BCUT2D eigenvalue weighted by Crippen LogP contribution is 2.30. The first kappa shape index (κ1) is 27.0. The molecule has 0 aromatic carbocycles. The zero-order chi connectivity index (χ0) is 26.7. The van der Waals surface area contributed by atoms with E-state index in [1.165, 1.54) is 20.2 Å². The van der Waals surface area contributed by atoms with E-state index < -0.39 is 37.3 Å². The Morgan fingerprint density at radius 1 is 1.22 bits per heavy atom. The molecule has 0 radical (unpaired) electrons. The Hall–Kier alpha value is -3.58. The highest BCUT2D eigenvalue weighted by molar-refractivity contribution is 5.74. The Labute approximate surface area is 202 Å². The maximum absolute atomic E-state index is 13.2. The lowest BCUT2D eigenvalue weighted by Crippen LogP contribution is -2.50. The summed E-state index contributed by atoms with van der Waals surface area (Å²) in [6.45, 7) is 3.14. The first-order valence-electron chi connectivity index (χ1n) is 10.8. The van der Waals surface area contributed by atoms with Crippen molar-refractivity contribution >= 4 is 11.7 Å². The molecule has 0 bridgehead atoms. The number of urea groups is 1. The Bertz CT molecular complexity index is 1210. The van der Waals surface area contributed by atoms with Crippen LogP contribution < -0.4 is 10.1 Å². The van der Waals surface area contributed by atoms with Crippen LogP contribution in [0.4, 0.5) is 31.1 Å². The number of fused-ring (bicyclic) bond motifs is 1. The molecule has 36 heavy (non-hydrogen) atoms. The van der Waals surface area contributed by atoms with Crippen LogP contribution in [-0.2, 0) is 6.54 Å². The van der Waals surface area contributed by atoms with Gasteiger partial charge >= 0.3 is 18.4 Å². The molecule has 0 saturated carbocycles. The highest BCUT2D eigenvalue weighted by atomic mass is 19.4. The molecule has 3 rings (SSSR count). The highest BCUT2D eigenvalue weighted by Gasteiger charge is 2.43. The molecule has 196 valence electrons. The number of rotatable bonds is 8. The normalized spacial score (nSPS) is 13.0. The van der Waals surface area contributed by atoms with Gasteiger partial charge in [0.2, 0.25) is 0 Å². The molecule has 0 spiro atoms. The number of carbonyl (C=O) groups is 1. The summed E-state index contributed by atoms with van der Waals surface area (Å²) in [7, 11) is 1.45. The number of halogens is 6. The molecule has 0 aliphatic heterocycles. The van der Waals surface area contributed by atoms with Crippen LogP contribution in [0.15, 0.2) is 30.9 Å². The van der Waals surface area contributed by atoms with Crippen LogP contribution in [0.1, 0.15) is 31.0 Å². The van der Waals surface area contributed by atoms with Crippen molar-refractivity contribution in [2.45, 2.75) is 51.6 Å². The van der Waals surface area contributed by atoms with Crippen molar-refractivity contribution in [1.82, 2.24) is 29.6 Å². The lowest BCUT2D eigenvalue weighted by atomic mass is 10.1. The predicted molar refractivity (Wildman–Crippen MR) is 117 cm³/mol. The van der Waals surface area contributed by atoms with Gasteiger partial charge in [-0.2, -0.15) is 26.3 Å². The van der Waals surface area contributed by atoms with Gasteiger partial charge in [-0.05, 0) is 31.9 Å². The summed E-state index contributed by atoms with van der Waals surface area (Å²) >= 11 is 0. The van der Waals surface area contributed by atoms with Crippen LogP contribution in [0.3, 0.4) is 0 Å². The number of imidazole rings is 1. The summed E-state index contributed by atoms with van der Waals surface area (Å²) in [6, 6.07) is -2.15. The number of hydrogen-bond donors (Lipinski definition) is 1. The molecule has 0 aliphatic rings. The molecule has 1 N–H and O–H groups in total. The monoisotopic (exact) mass is 518 g/mol. The van der Waals surface area contributed by atoms with Crippen LogP contribution in [0.25, 0.3) is 16.9 Å². The second kappa shape index (κ2) is 10.6. The summed E-state index contributed by atoms with van der Waals surface area (Å²) in [5.41, 5.74) is 2.74. The van der Waals surface area contributed by atoms with Gasteiger partial charge in [-0.15, -0.1) is 0 Å². The lowest BCUT2D eigenvalue weighted by molar-refractivity contribution is -0.171. The Morgan fingerprint density at radius 3 is 2.56 bits per heavy atom. The lowest BCUT2D eigenvalue weighted by Gasteiger charge is -2.27. The molecule has 1 atom stereocenters. The van der Waals surface area contributed by atoms with E-state index in [9.17, 15) is 31.1 Å². The molecule has 3 aromatic heterocycles. The van der Waals surface area contributed by atoms with Gasteiger partial charge in [0, 0.05) is 43.3 Å². The summed E-state index contributed by atoms with van der Waals surface area (Å²) in [5.74, 6) is 0.280. The number of carbonyl (C=O) groups excluding carboxylic acids is 1. The Balaban J connectivity index is 1.82. The second-order valence-electron chi connectivity index (χ2n) is 8.00. The molecular formula is C22H24F6N6O2. The quantitative estimate of drug-likeness (QED) is 0.429. The summed E-state index contributed by atoms with van der Waals surface area (Å²) in [5, 5.41) is 1.69. The van der Waals surface area contributed by atoms with E-state index >= 15 is 0 Å². The van der Waals surface area contributed by atoms with Crippen molar-refractivity contribution in [2.75, 3.05) is 13.7 Å². The molecule has 0 fully saturated rings. The number of ether oxygens (including phenoxy) is 1. The van der Waals surface area contributed by atoms with E-state index in [4.69, 9.17) is 4.74 Å². The van der Waals surface area contributed by atoms with Crippen LogP contribution in [0, 0.1) is 6.92 Å². The number of nitrogens with zero attached hydrogens (tertiary/aromatic N) is 5. The number of aryl methyl sites for hydroxylation is 1. The number of aromatic nitrogens is 4. The third-order valence-corrected chi connectivity index (χ3v) is 5.40. The SMILES string of the molecule is CCN(Cc1cc(-c2cn3ccnc3c(OC)n2)c(C)cn1)C(=O)NC(CCC(F)(F)F)C(F)(F)F. The molecule has 1 unspecified atom stereocenters. The van der Waals surface area contributed by atoms with E-state index in [0.717, 1.165) is 10.5 Å². The number of pyridine rings is 1. The summed E-state index contributed by atoms with van der Waals surface area (Å²) in [6.07, 6.45) is -6.27. The summed E-state index contributed by atoms with van der Waals surface area (Å²) < 4.78 is 84.1. The van der Waals surface area contributed by atoms with E-state index in [2.05, 4.69) is 15.0 Å². The van der Waals surface area contributed by atoms with Crippen molar-refractivity contribution in [1.29, 1.82) is 0 Å². The third kappa shape index (κ3) is 6.55. The molecule has 3 heterocycles. The van der Waals surface area contributed by atoms with Crippen molar-refractivity contribution in [3.8, 4) is 17.1 Å². The molecular weight excluding hydrogens is 494 g/mol. The second-order valence-corrected chi connectivity index (χ2v) is 8.00. The van der Waals surface area contributed by atoms with Crippen LogP contribution in [0.2, 0.25) is 0 Å². The van der Waals surface area contributed by atoms with E-state index in [1.807, 2.05) is 0 Å². The zero-order valence-electron chi connectivity index (χ0n) is 19.6. The maximum Gasteiger partial charge on any atom is 0.408 e. The smallest absolute Gasteiger partial charge is 0.408 e. The fourth-order valence-electron chi connectivity index (χ4n) is 3.49. The minimum Gasteiger partial charge on any atom is -0.478 e. The minimum absolute atomic E-state index is 0.00631. The molecule has 2 amide bonds. The fraction of sp³-hybridized carbons (Fsp3) is 0.455. The molecule has 0 saturated heterocycles. The van der Waals surface area contributed by atoms with Crippen molar-refractivity contribution < 1.29 is 35.9 Å². The van der Waals surface area contributed by atoms with Gasteiger partial charge < -0.3 is 19.4 Å². The van der Waals surface area contributed by atoms with Crippen LogP contribution in [0.5, 0.6) is 5.88 Å². The Kier molecular flexibility index (Phi) is 7.94. The topological polar surface area (TPSA) is 84.7 Å². The van der Waals surface area contributed by atoms with E-state index in [0.29, 0.717) is 22.6 Å². The first-order valence-corrected chi connectivity index (χ1v) is 10.8. The predicted octanol–water partition coefficient (Wildman–Crippen LogP) is 4.91. The van der Waals surface area contributed by atoms with Gasteiger partial charge in [-0.25, -0.2) is 14.8 Å². The number of methoxy groups -OCH3 is 1. The largest absolute Gasteiger partial charge is 0.478 e.